The highest BCUT2D eigenvalue weighted by Crippen LogP contribution is 2.05. The highest BCUT2D eigenvalue weighted by Gasteiger charge is 2.04. The van der Waals surface area contributed by atoms with Gasteiger partial charge in [0.05, 0.1) is 0 Å². The van der Waals surface area contributed by atoms with E-state index in [4.69, 9.17) is 0 Å². The van der Waals surface area contributed by atoms with E-state index >= 15 is 0 Å². The first-order chi connectivity index (χ1) is 6.63. The van der Waals surface area contributed by atoms with Gasteiger partial charge in [-0.2, -0.15) is 5.10 Å². The third-order valence-electron chi connectivity index (χ3n) is 1.89. The number of rotatable bonds is 3. The van der Waals surface area contributed by atoms with Crippen LogP contribution in [0.25, 0.3) is 0 Å². The first-order valence-corrected chi connectivity index (χ1v) is 4.69. The number of carbonyl (C=O) groups is 1. The summed E-state index contributed by atoms with van der Waals surface area (Å²) in [6.45, 7) is 4.62. The molecule has 1 heterocycles. The molecule has 0 aliphatic heterocycles. The molecule has 0 saturated heterocycles. The van der Waals surface area contributed by atoms with Crippen LogP contribution in [0.2, 0.25) is 0 Å². The Morgan fingerprint density at radius 3 is 2.86 bits per heavy atom. The van der Waals surface area contributed by atoms with Crippen LogP contribution in [0.1, 0.15) is 19.0 Å². The number of nitrogens with one attached hydrogen (secondary N) is 2. The van der Waals surface area contributed by atoms with Crippen molar-refractivity contribution in [3.8, 4) is 0 Å². The summed E-state index contributed by atoms with van der Waals surface area (Å²) in [5, 5.41) is 9.47. The van der Waals surface area contributed by atoms with Crippen molar-refractivity contribution < 1.29 is 4.79 Å². The standard InChI is InChI=1S/C9H16N4O/c1-4-5-10-9(14)11-8-6-7(2)13(3)12-8/h6H,4-5H2,1-3H3,(H2,10,11,12,14). The van der Waals surface area contributed by atoms with E-state index < -0.39 is 0 Å². The second-order valence-electron chi connectivity index (χ2n) is 3.18. The van der Waals surface area contributed by atoms with E-state index in [0.717, 1.165) is 12.1 Å². The molecular weight excluding hydrogens is 180 g/mol. The third kappa shape index (κ3) is 2.76. The van der Waals surface area contributed by atoms with Crippen LogP contribution in [0.4, 0.5) is 10.6 Å². The van der Waals surface area contributed by atoms with E-state index in [2.05, 4.69) is 15.7 Å². The van der Waals surface area contributed by atoms with Crippen molar-refractivity contribution in [3.05, 3.63) is 11.8 Å². The summed E-state index contributed by atoms with van der Waals surface area (Å²) in [5.41, 5.74) is 1.01. The van der Waals surface area contributed by atoms with Crippen LogP contribution < -0.4 is 10.6 Å². The van der Waals surface area contributed by atoms with E-state index in [1.165, 1.54) is 0 Å². The van der Waals surface area contributed by atoms with Crippen molar-refractivity contribution in [2.45, 2.75) is 20.3 Å². The lowest BCUT2D eigenvalue weighted by molar-refractivity contribution is 0.252. The fourth-order valence-electron chi connectivity index (χ4n) is 1.02. The third-order valence-corrected chi connectivity index (χ3v) is 1.89. The van der Waals surface area contributed by atoms with Gasteiger partial charge in [0.2, 0.25) is 0 Å². The summed E-state index contributed by atoms with van der Waals surface area (Å²) in [7, 11) is 1.84. The summed E-state index contributed by atoms with van der Waals surface area (Å²) >= 11 is 0. The number of hydrogen-bond acceptors (Lipinski definition) is 2. The van der Waals surface area contributed by atoms with Gasteiger partial charge in [-0.15, -0.1) is 0 Å². The second-order valence-corrected chi connectivity index (χ2v) is 3.18. The number of nitrogens with zero attached hydrogens (tertiary/aromatic N) is 2. The highest BCUT2D eigenvalue weighted by atomic mass is 16.2. The number of hydrogen-bond donors (Lipinski definition) is 2. The van der Waals surface area contributed by atoms with Gasteiger partial charge in [-0.05, 0) is 13.3 Å². The Morgan fingerprint density at radius 1 is 1.64 bits per heavy atom. The Labute approximate surface area is 83.5 Å². The fourth-order valence-corrected chi connectivity index (χ4v) is 1.02. The maximum Gasteiger partial charge on any atom is 0.320 e. The van der Waals surface area contributed by atoms with Crippen LogP contribution in [0.5, 0.6) is 0 Å². The largest absolute Gasteiger partial charge is 0.338 e. The first-order valence-electron chi connectivity index (χ1n) is 4.69. The van der Waals surface area contributed by atoms with Crippen molar-refractivity contribution in [2.75, 3.05) is 11.9 Å². The van der Waals surface area contributed by atoms with Crippen LogP contribution >= 0.6 is 0 Å². The van der Waals surface area contributed by atoms with Crippen molar-refractivity contribution in [2.24, 2.45) is 7.05 Å². The predicted molar refractivity (Wildman–Crippen MR) is 55.3 cm³/mol. The van der Waals surface area contributed by atoms with Gasteiger partial charge in [0.15, 0.2) is 5.82 Å². The fraction of sp³-hybridized carbons (Fsp3) is 0.556. The molecule has 0 radical (unpaired) electrons. The number of carbonyl (C=O) groups excluding carboxylic acids is 1. The van der Waals surface area contributed by atoms with E-state index in [1.807, 2.05) is 27.0 Å². The van der Waals surface area contributed by atoms with Crippen LogP contribution in [0, 0.1) is 6.92 Å². The number of urea groups is 1. The Balaban J connectivity index is 2.48. The zero-order chi connectivity index (χ0) is 10.6. The molecule has 0 aromatic carbocycles. The normalized spacial score (nSPS) is 9.93. The molecule has 5 nitrogen and oxygen atoms in total. The van der Waals surface area contributed by atoms with Gasteiger partial charge in [-0.3, -0.25) is 10.00 Å². The zero-order valence-electron chi connectivity index (χ0n) is 8.79. The summed E-state index contributed by atoms with van der Waals surface area (Å²) in [6.07, 6.45) is 0.925. The maximum atomic E-state index is 11.2. The Bertz CT molecular complexity index is 299. The molecule has 0 spiro atoms. The molecule has 0 fully saturated rings. The van der Waals surface area contributed by atoms with Gasteiger partial charge in [0.1, 0.15) is 0 Å². The average Bonchev–Trinajstić information content (AvgIpc) is 2.42. The van der Waals surface area contributed by atoms with Gasteiger partial charge in [0.25, 0.3) is 0 Å². The summed E-state index contributed by atoms with van der Waals surface area (Å²) < 4.78 is 1.72. The molecule has 0 atom stereocenters. The van der Waals surface area contributed by atoms with E-state index in [0.29, 0.717) is 12.4 Å². The van der Waals surface area contributed by atoms with Crippen molar-refractivity contribution >= 4 is 11.8 Å². The molecule has 2 N–H and O–H groups in total. The number of anilines is 1. The minimum atomic E-state index is -0.204. The molecule has 1 rings (SSSR count). The SMILES string of the molecule is CCCNC(=O)Nc1cc(C)n(C)n1. The van der Waals surface area contributed by atoms with Crippen LogP contribution in [0.3, 0.4) is 0 Å². The topological polar surface area (TPSA) is 59.0 Å². The monoisotopic (exact) mass is 196 g/mol. The second kappa shape index (κ2) is 4.64. The molecule has 0 aliphatic carbocycles. The summed E-state index contributed by atoms with van der Waals surface area (Å²) in [5.74, 6) is 0.582. The van der Waals surface area contributed by atoms with Crippen LogP contribution in [0.15, 0.2) is 6.07 Å². The van der Waals surface area contributed by atoms with Crippen molar-refractivity contribution in [1.29, 1.82) is 0 Å². The maximum absolute atomic E-state index is 11.2. The molecular formula is C9H16N4O. The summed E-state index contributed by atoms with van der Waals surface area (Å²) in [4.78, 5) is 11.2. The van der Waals surface area contributed by atoms with Gasteiger partial charge < -0.3 is 5.32 Å². The molecule has 5 heteroatoms. The van der Waals surface area contributed by atoms with Crippen molar-refractivity contribution in [1.82, 2.24) is 15.1 Å². The molecule has 78 valence electrons. The smallest absolute Gasteiger partial charge is 0.320 e. The first kappa shape index (κ1) is 10.6. The van der Waals surface area contributed by atoms with Crippen LogP contribution in [-0.2, 0) is 7.05 Å². The Morgan fingerprint density at radius 2 is 2.36 bits per heavy atom. The summed E-state index contributed by atoms with van der Waals surface area (Å²) in [6, 6.07) is 1.62. The Hall–Kier alpha value is -1.52. The zero-order valence-corrected chi connectivity index (χ0v) is 8.79. The molecule has 0 saturated carbocycles. The molecule has 14 heavy (non-hydrogen) atoms. The predicted octanol–water partition coefficient (Wildman–Crippen LogP) is 1.26. The molecule has 0 aliphatic rings. The van der Waals surface area contributed by atoms with Crippen LogP contribution in [-0.4, -0.2) is 22.4 Å². The highest BCUT2D eigenvalue weighted by molar-refractivity contribution is 5.88. The van der Waals surface area contributed by atoms with E-state index in [1.54, 1.807) is 4.68 Å². The van der Waals surface area contributed by atoms with Gasteiger partial charge >= 0.3 is 6.03 Å². The number of aromatic nitrogens is 2. The van der Waals surface area contributed by atoms with E-state index in [9.17, 15) is 4.79 Å². The van der Waals surface area contributed by atoms with Crippen molar-refractivity contribution in [3.63, 3.8) is 0 Å². The molecule has 2 amide bonds. The molecule has 1 aromatic rings. The number of aryl methyl sites for hydroxylation is 2. The minimum Gasteiger partial charge on any atom is -0.338 e. The minimum absolute atomic E-state index is 0.204. The number of amides is 2. The van der Waals surface area contributed by atoms with E-state index in [-0.39, 0.29) is 6.03 Å². The average molecular weight is 196 g/mol. The lowest BCUT2D eigenvalue weighted by atomic mass is 10.4. The molecule has 0 unspecified atom stereocenters. The molecule has 0 bridgehead atoms. The quantitative estimate of drug-likeness (QED) is 0.764. The van der Waals surface area contributed by atoms with Gasteiger partial charge in [-0.1, -0.05) is 6.92 Å². The lowest BCUT2D eigenvalue weighted by Crippen LogP contribution is -2.29. The lowest BCUT2D eigenvalue weighted by Gasteiger charge is -2.02. The van der Waals surface area contributed by atoms with Gasteiger partial charge in [-0.25, -0.2) is 4.79 Å². The molecule has 1 aromatic heterocycles. The van der Waals surface area contributed by atoms with Gasteiger partial charge in [0, 0.05) is 25.4 Å². The Kier molecular flexibility index (Phi) is 3.50.